The van der Waals surface area contributed by atoms with Crippen LogP contribution in [0.2, 0.25) is 0 Å². The number of hydrogen-bond acceptors (Lipinski definition) is 3. The Kier molecular flexibility index (Phi) is 3.28. The second kappa shape index (κ2) is 4.45. The molecule has 1 aliphatic rings. The molecule has 0 bridgehead atoms. The first-order valence-electron chi connectivity index (χ1n) is 4.13. The summed E-state index contributed by atoms with van der Waals surface area (Å²) in [6, 6.07) is 0. The Bertz CT molecular complexity index is 306. The van der Waals surface area contributed by atoms with Gasteiger partial charge in [-0.1, -0.05) is 12.2 Å². The Morgan fingerprint density at radius 3 is 2.64 bits per heavy atom. The van der Waals surface area contributed by atoms with E-state index in [1.807, 2.05) is 0 Å². The van der Waals surface area contributed by atoms with Crippen LogP contribution in [0.4, 0.5) is 0 Å². The lowest BCUT2D eigenvalue weighted by molar-refractivity contribution is -0.137. The summed E-state index contributed by atoms with van der Waals surface area (Å²) in [4.78, 5) is 22.3. The maximum absolute atomic E-state index is 10.4. The first-order chi connectivity index (χ1) is 6.58. The quantitative estimate of drug-likeness (QED) is 0.677. The maximum Gasteiger partial charge on any atom is 0.323 e. The summed E-state index contributed by atoms with van der Waals surface area (Å²) < 4.78 is 0. The molecule has 1 aliphatic heterocycles. The van der Waals surface area contributed by atoms with E-state index >= 15 is 0 Å². The molecule has 0 aliphatic carbocycles. The summed E-state index contributed by atoms with van der Waals surface area (Å²) >= 11 is 0. The van der Waals surface area contributed by atoms with Crippen molar-refractivity contribution in [1.29, 1.82) is 0 Å². The normalized spacial score (nSPS) is 15.1. The summed E-state index contributed by atoms with van der Waals surface area (Å²) in [6.07, 6.45) is 4.95. The third kappa shape index (κ3) is 3.30. The number of carboxylic acid groups (broad SMARTS) is 2. The van der Waals surface area contributed by atoms with Crippen LogP contribution in [-0.2, 0) is 9.59 Å². The molecular formula is C9H11NO4. The van der Waals surface area contributed by atoms with Gasteiger partial charge in [0.1, 0.15) is 6.54 Å². The van der Waals surface area contributed by atoms with Crippen molar-refractivity contribution in [2.24, 2.45) is 0 Å². The van der Waals surface area contributed by atoms with Gasteiger partial charge in [0.05, 0.1) is 6.42 Å². The van der Waals surface area contributed by atoms with Crippen LogP contribution in [0.1, 0.15) is 6.42 Å². The Hall–Kier alpha value is -1.78. The topological polar surface area (TPSA) is 77.8 Å². The van der Waals surface area contributed by atoms with Gasteiger partial charge in [0.25, 0.3) is 0 Å². The highest BCUT2D eigenvalue weighted by Crippen LogP contribution is 2.10. The average Bonchev–Trinajstić information content (AvgIpc) is 2.01. The van der Waals surface area contributed by atoms with Gasteiger partial charge >= 0.3 is 11.9 Å². The van der Waals surface area contributed by atoms with E-state index in [1.165, 1.54) is 0 Å². The Labute approximate surface area is 80.9 Å². The van der Waals surface area contributed by atoms with Gasteiger partial charge in [0, 0.05) is 12.7 Å². The molecule has 0 unspecified atom stereocenters. The molecule has 76 valence electrons. The molecule has 0 atom stereocenters. The van der Waals surface area contributed by atoms with E-state index in [1.54, 1.807) is 23.3 Å². The van der Waals surface area contributed by atoms with E-state index in [4.69, 9.17) is 10.2 Å². The summed E-state index contributed by atoms with van der Waals surface area (Å²) in [5, 5.41) is 17.0. The van der Waals surface area contributed by atoms with E-state index in [2.05, 4.69) is 0 Å². The molecule has 0 radical (unpaired) electrons. The van der Waals surface area contributed by atoms with Crippen molar-refractivity contribution in [3.63, 3.8) is 0 Å². The third-order valence-electron chi connectivity index (χ3n) is 1.71. The zero-order chi connectivity index (χ0) is 10.6. The predicted molar refractivity (Wildman–Crippen MR) is 48.7 cm³/mol. The summed E-state index contributed by atoms with van der Waals surface area (Å²) in [6.45, 7) is 0.406. The molecule has 5 nitrogen and oxygen atoms in total. The molecule has 1 rings (SSSR count). The van der Waals surface area contributed by atoms with Gasteiger partial charge in [-0.05, 0) is 5.57 Å². The van der Waals surface area contributed by atoms with E-state index in [-0.39, 0.29) is 13.0 Å². The molecule has 0 aromatic rings. The van der Waals surface area contributed by atoms with Crippen molar-refractivity contribution in [2.45, 2.75) is 6.42 Å². The molecule has 5 heteroatoms. The Morgan fingerprint density at radius 1 is 1.36 bits per heavy atom. The van der Waals surface area contributed by atoms with Crippen molar-refractivity contribution in [1.82, 2.24) is 4.90 Å². The van der Waals surface area contributed by atoms with Crippen LogP contribution in [-0.4, -0.2) is 40.1 Å². The fraction of sp³-hybridized carbons (Fsp3) is 0.333. The second-order valence-corrected chi connectivity index (χ2v) is 3.00. The zero-order valence-electron chi connectivity index (χ0n) is 7.51. The van der Waals surface area contributed by atoms with Gasteiger partial charge in [-0.15, -0.1) is 0 Å². The van der Waals surface area contributed by atoms with Gasteiger partial charge in [0.15, 0.2) is 0 Å². The van der Waals surface area contributed by atoms with Gasteiger partial charge in [-0.3, -0.25) is 9.59 Å². The number of allylic oxidation sites excluding steroid dienone is 1. The van der Waals surface area contributed by atoms with Crippen molar-refractivity contribution in [3.05, 3.63) is 23.9 Å². The van der Waals surface area contributed by atoms with Crippen molar-refractivity contribution in [2.75, 3.05) is 13.1 Å². The molecule has 0 fully saturated rings. The minimum absolute atomic E-state index is 0.0768. The molecule has 0 aromatic carbocycles. The second-order valence-electron chi connectivity index (χ2n) is 3.00. The van der Waals surface area contributed by atoms with E-state index in [0.717, 1.165) is 0 Å². The minimum atomic E-state index is -0.925. The number of carboxylic acids is 2. The van der Waals surface area contributed by atoms with E-state index < -0.39 is 11.9 Å². The third-order valence-corrected chi connectivity index (χ3v) is 1.71. The summed E-state index contributed by atoms with van der Waals surface area (Å²) in [5.41, 5.74) is 0.616. The van der Waals surface area contributed by atoms with Crippen molar-refractivity contribution in [3.8, 4) is 0 Å². The molecule has 0 aromatic heterocycles. The highest BCUT2D eigenvalue weighted by atomic mass is 16.4. The van der Waals surface area contributed by atoms with E-state index in [0.29, 0.717) is 12.1 Å². The fourth-order valence-electron chi connectivity index (χ4n) is 1.23. The van der Waals surface area contributed by atoms with Crippen LogP contribution in [0.5, 0.6) is 0 Å². The number of nitrogens with zero attached hydrogens (tertiary/aromatic N) is 1. The lowest BCUT2D eigenvalue weighted by Gasteiger charge is -2.20. The molecule has 1 heterocycles. The standard InChI is InChI=1S/C9H11NO4/c11-8(12)4-7-2-1-3-10(5-7)6-9(13)14/h1-2,5H,3-4,6H2,(H,11,12)(H,13,14). The van der Waals surface area contributed by atoms with Crippen molar-refractivity contribution < 1.29 is 19.8 Å². The van der Waals surface area contributed by atoms with E-state index in [9.17, 15) is 9.59 Å². The number of hydrogen-bond donors (Lipinski definition) is 2. The minimum Gasteiger partial charge on any atom is -0.481 e. The lowest BCUT2D eigenvalue weighted by atomic mass is 10.1. The summed E-state index contributed by atoms with van der Waals surface area (Å²) in [5.74, 6) is -1.84. The first kappa shape index (κ1) is 10.3. The van der Waals surface area contributed by atoms with Gasteiger partial charge < -0.3 is 15.1 Å². The molecule has 0 amide bonds. The molecule has 2 N–H and O–H groups in total. The fourth-order valence-corrected chi connectivity index (χ4v) is 1.23. The predicted octanol–water partition coefficient (Wildman–Crippen LogP) is 0.301. The van der Waals surface area contributed by atoms with Gasteiger partial charge in [-0.2, -0.15) is 0 Å². The lowest BCUT2D eigenvalue weighted by Crippen LogP contribution is -2.27. The van der Waals surface area contributed by atoms with Crippen LogP contribution in [0.25, 0.3) is 0 Å². The largest absolute Gasteiger partial charge is 0.481 e. The maximum atomic E-state index is 10.4. The zero-order valence-corrected chi connectivity index (χ0v) is 7.51. The van der Waals surface area contributed by atoms with Crippen LogP contribution in [0.3, 0.4) is 0 Å². The molecule has 0 spiro atoms. The molecular weight excluding hydrogens is 186 g/mol. The molecule has 0 saturated heterocycles. The van der Waals surface area contributed by atoms with Gasteiger partial charge in [0.2, 0.25) is 0 Å². The van der Waals surface area contributed by atoms with Crippen LogP contribution in [0.15, 0.2) is 23.9 Å². The number of rotatable bonds is 4. The molecule has 0 saturated carbocycles. The smallest absolute Gasteiger partial charge is 0.323 e. The summed E-state index contributed by atoms with van der Waals surface area (Å²) in [7, 11) is 0. The number of aliphatic carboxylic acids is 2. The van der Waals surface area contributed by atoms with Crippen LogP contribution < -0.4 is 0 Å². The van der Waals surface area contributed by atoms with Gasteiger partial charge in [-0.25, -0.2) is 0 Å². The SMILES string of the molecule is O=C(O)CC1=CN(CC(=O)O)CC=C1. The van der Waals surface area contributed by atoms with Crippen LogP contribution >= 0.6 is 0 Å². The Balaban J connectivity index is 2.58. The Morgan fingerprint density at radius 2 is 2.07 bits per heavy atom. The average molecular weight is 197 g/mol. The van der Waals surface area contributed by atoms with Crippen molar-refractivity contribution >= 4 is 11.9 Å². The monoisotopic (exact) mass is 197 g/mol. The highest BCUT2D eigenvalue weighted by molar-refractivity contribution is 5.71. The highest BCUT2D eigenvalue weighted by Gasteiger charge is 2.10. The first-order valence-corrected chi connectivity index (χ1v) is 4.13. The molecule has 14 heavy (non-hydrogen) atoms. The number of carbonyl (C=O) groups is 2. The van der Waals surface area contributed by atoms with Crippen LogP contribution in [0, 0.1) is 0 Å².